The number of para-hydroxylation sites is 1. The molecular weight excluding hydrogens is 302 g/mol. The van der Waals surface area contributed by atoms with Crippen LogP contribution in [0.15, 0.2) is 69.9 Å². The summed E-state index contributed by atoms with van der Waals surface area (Å²) in [6.07, 6.45) is 1.85. The molecule has 1 aliphatic rings. The Bertz CT molecular complexity index is 946. The van der Waals surface area contributed by atoms with Gasteiger partial charge < -0.3 is 9.32 Å². The van der Waals surface area contributed by atoms with Gasteiger partial charge in [0.1, 0.15) is 11.1 Å². The lowest BCUT2D eigenvalue weighted by Gasteiger charge is -2.24. The van der Waals surface area contributed by atoms with Crippen LogP contribution in [0.1, 0.15) is 34.8 Å². The van der Waals surface area contributed by atoms with Crippen molar-refractivity contribution < 1.29 is 9.21 Å². The van der Waals surface area contributed by atoms with Gasteiger partial charge in [0.05, 0.1) is 6.04 Å². The third-order valence-electron chi connectivity index (χ3n) is 4.57. The van der Waals surface area contributed by atoms with E-state index in [9.17, 15) is 9.59 Å². The van der Waals surface area contributed by atoms with Gasteiger partial charge in [0.15, 0.2) is 0 Å². The quantitative estimate of drug-likeness (QED) is 0.676. The number of nitrogens with zero attached hydrogens (tertiary/aromatic N) is 1. The lowest BCUT2D eigenvalue weighted by atomic mass is 10.0. The Morgan fingerprint density at radius 1 is 1.04 bits per heavy atom. The minimum absolute atomic E-state index is 0.0181. The molecule has 4 heteroatoms. The number of amides is 1. The lowest BCUT2D eigenvalue weighted by Crippen LogP contribution is -2.33. The average molecular weight is 319 g/mol. The maximum Gasteiger partial charge on any atom is 0.349 e. The summed E-state index contributed by atoms with van der Waals surface area (Å²) in [6, 6.07) is 18.9. The van der Waals surface area contributed by atoms with Gasteiger partial charge in [0.2, 0.25) is 0 Å². The second-order valence-electron chi connectivity index (χ2n) is 6.05. The van der Waals surface area contributed by atoms with Crippen molar-refractivity contribution in [2.75, 3.05) is 6.54 Å². The summed E-state index contributed by atoms with van der Waals surface area (Å²) in [5, 5.41) is 0.760. The fourth-order valence-electron chi connectivity index (χ4n) is 3.40. The van der Waals surface area contributed by atoms with Gasteiger partial charge in [-0.15, -0.1) is 0 Å². The third-order valence-corrected chi connectivity index (χ3v) is 4.57. The molecule has 1 saturated heterocycles. The SMILES string of the molecule is O=C(c1cc2ccccc2oc1=O)N1CCC[C@@H]1c1ccccc1. The molecule has 0 spiro atoms. The van der Waals surface area contributed by atoms with Crippen LogP contribution in [0.2, 0.25) is 0 Å². The van der Waals surface area contributed by atoms with E-state index in [1.54, 1.807) is 23.1 Å². The Morgan fingerprint density at radius 2 is 1.79 bits per heavy atom. The number of fused-ring (bicyclic) bond motifs is 1. The van der Waals surface area contributed by atoms with Gasteiger partial charge in [-0.2, -0.15) is 0 Å². The minimum atomic E-state index is -0.572. The van der Waals surface area contributed by atoms with Gasteiger partial charge in [-0.3, -0.25) is 4.79 Å². The van der Waals surface area contributed by atoms with Crippen molar-refractivity contribution in [3.05, 3.63) is 82.2 Å². The van der Waals surface area contributed by atoms with Gasteiger partial charge in [-0.1, -0.05) is 48.5 Å². The van der Waals surface area contributed by atoms with E-state index in [4.69, 9.17) is 4.42 Å². The molecule has 0 bridgehead atoms. The Hall–Kier alpha value is -2.88. The highest BCUT2D eigenvalue weighted by Crippen LogP contribution is 2.32. The van der Waals surface area contributed by atoms with Crippen molar-refractivity contribution in [1.29, 1.82) is 0 Å². The monoisotopic (exact) mass is 319 g/mol. The van der Waals surface area contributed by atoms with E-state index in [-0.39, 0.29) is 17.5 Å². The smallest absolute Gasteiger partial charge is 0.349 e. The molecule has 1 atom stereocenters. The van der Waals surface area contributed by atoms with Crippen molar-refractivity contribution >= 4 is 16.9 Å². The molecule has 2 aromatic carbocycles. The van der Waals surface area contributed by atoms with Gasteiger partial charge in [0, 0.05) is 11.9 Å². The Kier molecular flexibility index (Phi) is 3.65. The van der Waals surface area contributed by atoms with Crippen LogP contribution in [0.3, 0.4) is 0 Å². The van der Waals surface area contributed by atoms with E-state index >= 15 is 0 Å². The number of benzene rings is 2. The van der Waals surface area contributed by atoms with Crippen LogP contribution < -0.4 is 5.63 Å². The summed E-state index contributed by atoms with van der Waals surface area (Å²) in [5.41, 5.74) is 1.14. The second-order valence-corrected chi connectivity index (χ2v) is 6.05. The summed E-state index contributed by atoms with van der Waals surface area (Å²) in [7, 11) is 0. The molecule has 0 unspecified atom stereocenters. The molecule has 1 amide bonds. The predicted molar refractivity (Wildman–Crippen MR) is 91.9 cm³/mol. The highest BCUT2D eigenvalue weighted by Gasteiger charge is 2.32. The molecular formula is C20H17NO3. The molecule has 4 rings (SSSR count). The highest BCUT2D eigenvalue weighted by atomic mass is 16.4. The first kappa shape index (κ1) is 14.7. The zero-order chi connectivity index (χ0) is 16.5. The van der Waals surface area contributed by atoms with Crippen molar-refractivity contribution in [2.24, 2.45) is 0 Å². The van der Waals surface area contributed by atoms with E-state index in [0.29, 0.717) is 12.1 Å². The standard InChI is InChI=1S/C20H17NO3/c22-19(16-13-15-9-4-5-11-18(15)24-20(16)23)21-12-6-10-17(21)14-7-2-1-3-8-14/h1-5,7-9,11,13,17H,6,10,12H2/t17-/m1/s1. The molecule has 24 heavy (non-hydrogen) atoms. The van der Waals surface area contributed by atoms with Crippen LogP contribution in [-0.2, 0) is 0 Å². The Morgan fingerprint density at radius 3 is 2.62 bits per heavy atom. The molecule has 0 N–H and O–H groups in total. The largest absolute Gasteiger partial charge is 0.422 e. The zero-order valence-corrected chi connectivity index (χ0v) is 13.1. The molecule has 1 aromatic heterocycles. The van der Waals surface area contributed by atoms with E-state index in [1.807, 2.05) is 42.5 Å². The van der Waals surface area contributed by atoms with E-state index in [2.05, 4.69) is 0 Å². The Labute approximate surface area is 139 Å². The van der Waals surface area contributed by atoms with Crippen LogP contribution in [0.5, 0.6) is 0 Å². The maximum absolute atomic E-state index is 13.0. The van der Waals surface area contributed by atoms with E-state index in [0.717, 1.165) is 23.8 Å². The number of carbonyl (C=O) groups is 1. The van der Waals surface area contributed by atoms with E-state index < -0.39 is 5.63 Å². The predicted octanol–water partition coefficient (Wildman–Crippen LogP) is 3.77. The van der Waals surface area contributed by atoms with Crippen molar-refractivity contribution in [2.45, 2.75) is 18.9 Å². The fourth-order valence-corrected chi connectivity index (χ4v) is 3.40. The Balaban J connectivity index is 1.73. The van der Waals surface area contributed by atoms with Crippen molar-refractivity contribution in [3.8, 4) is 0 Å². The first-order valence-electron chi connectivity index (χ1n) is 8.13. The van der Waals surface area contributed by atoms with Gasteiger partial charge in [-0.05, 0) is 30.5 Å². The minimum Gasteiger partial charge on any atom is -0.422 e. The number of hydrogen-bond donors (Lipinski definition) is 0. The molecule has 4 nitrogen and oxygen atoms in total. The molecule has 2 heterocycles. The molecule has 1 aliphatic heterocycles. The van der Waals surface area contributed by atoms with Crippen LogP contribution in [0, 0.1) is 0 Å². The first-order chi connectivity index (χ1) is 11.7. The molecule has 0 saturated carbocycles. The molecule has 3 aromatic rings. The summed E-state index contributed by atoms with van der Waals surface area (Å²) in [5.74, 6) is -0.249. The highest BCUT2D eigenvalue weighted by molar-refractivity contribution is 5.97. The van der Waals surface area contributed by atoms with Gasteiger partial charge in [-0.25, -0.2) is 4.79 Å². The third kappa shape index (κ3) is 2.50. The van der Waals surface area contributed by atoms with Crippen molar-refractivity contribution in [3.63, 3.8) is 0 Å². The average Bonchev–Trinajstić information content (AvgIpc) is 3.11. The second kappa shape index (κ2) is 5.96. The summed E-state index contributed by atoms with van der Waals surface area (Å²) < 4.78 is 5.31. The number of carbonyl (C=O) groups excluding carboxylic acids is 1. The lowest BCUT2D eigenvalue weighted by molar-refractivity contribution is 0.0731. The zero-order valence-electron chi connectivity index (χ0n) is 13.1. The molecule has 0 radical (unpaired) electrons. The van der Waals surface area contributed by atoms with Crippen LogP contribution in [0.25, 0.3) is 11.0 Å². The molecule has 1 fully saturated rings. The number of likely N-dealkylation sites (tertiary alicyclic amines) is 1. The van der Waals surface area contributed by atoms with Crippen LogP contribution in [0.4, 0.5) is 0 Å². The number of hydrogen-bond acceptors (Lipinski definition) is 3. The van der Waals surface area contributed by atoms with Crippen molar-refractivity contribution in [1.82, 2.24) is 4.90 Å². The summed E-state index contributed by atoms with van der Waals surface area (Å²) in [4.78, 5) is 27.0. The van der Waals surface area contributed by atoms with Gasteiger partial charge in [0.25, 0.3) is 5.91 Å². The topological polar surface area (TPSA) is 50.5 Å². The first-order valence-corrected chi connectivity index (χ1v) is 8.13. The van der Waals surface area contributed by atoms with Crippen LogP contribution >= 0.6 is 0 Å². The van der Waals surface area contributed by atoms with E-state index in [1.165, 1.54) is 0 Å². The normalized spacial score (nSPS) is 17.3. The maximum atomic E-state index is 13.0. The fraction of sp³-hybridized carbons (Fsp3) is 0.200. The number of rotatable bonds is 2. The van der Waals surface area contributed by atoms with Crippen LogP contribution in [-0.4, -0.2) is 17.4 Å². The summed E-state index contributed by atoms with van der Waals surface area (Å²) in [6.45, 7) is 0.657. The summed E-state index contributed by atoms with van der Waals surface area (Å²) >= 11 is 0. The molecule has 120 valence electrons. The molecule has 0 aliphatic carbocycles. The van der Waals surface area contributed by atoms with Gasteiger partial charge >= 0.3 is 5.63 Å².